The summed E-state index contributed by atoms with van der Waals surface area (Å²) in [6.07, 6.45) is 23.8. The first-order valence-corrected chi connectivity index (χ1v) is 46.0. The number of aromatic hydroxyl groups is 2. The quantitative estimate of drug-likeness (QED) is 0.00965. The van der Waals surface area contributed by atoms with Crippen LogP contribution in [0.1, 0.15) is 110 Å². The molecule has 0 aliphatic carbocycles. The van der Waals surface area contributed by atoms with Crippen molar-refractivity contribution in [3.05, 3.63) is 160 Å². The molecule has 0 unspecified atom stereocenters. The van der Waals surface area contributed by atoms with Gasteiger partial charge >= 0.3 is 31.3 Å². The van der Waals surface area contributed by atoms with E-state index in [9.17, 15) is 82.0 Å². The van der Waals surface area contributed by atoms with E-state index in [1.807, 2.05) is 93.0 Å². The van der Waals surface area contributed by atoms with Gasteiger partial charge in [-0.15, -0.1) is 19.3 Å². The Morgan fingerprint density at radius 3 is 1.04 bits per heavy atom. The molecule has 6 aromatic heterocycles. The number of nitrogens with one attached hydrogen (secondary N) is 3. The van der Waals surface area contributed by atoms with Crippen LogP contribution in [0.5, 0.6) is 34.5 Å². The van der Waals surface area contributed by atoms with Crippen molar-refractivity contribution in [3.63, 3.8) is 0 Å². The average Bonchev–Trinajstić information content (AvgIpc) is 1.62. The highest BCUT2D eigenvalue weighted by Crippen LogP contribution is 2.46. The first kappa shape index (κ1) is 96.9. The Morgan fingerprint density at radius 2 is 0.709 bits per heavy atom. The molecule has 0 aliphatic heterocycles. The predicted molar refractivity (Wildman–Crippen MR) is 474 cm³/mol. The van der Waals surface area contributed by atoms with Crippen molar-refractivity contribution in [1.82, 2.24) is 59.6 Å². The lowest BCUT2D eigenvalue weighted by atomic mass is 10.1. The van der Waals surface area contributed by atoms with Crippen LogP contribution >= 0.6 is 31.3 Å². The molecule has 6 aromatic carbocycles. The van der Waals surface area contributed by atoms with E-state index in [1.165, 1.54) is 42.5 Å². The minimum Gasteiger partial charge on any atom is -0.508 e. The highest BCUT2D eigenvalue weighted by molar-refractivity contribution is 7.47. The summed E-state index contributed by atoms with van der Waals surface area (Å²) >= 11 is 0. The number of phosphoric acid groups is 4. The number of benzene rings is 6. The molecule has 0 fully saturated rings. The zero-order valence-corrected chi connectivity index (χ0v) is 72.9. The maximum absolute atomic E-state index is 11.8. The summed E-state index contributed by atoms with van der Waals surface area (Å²) in [5, 5.41) is 30.7. The summed E-state index contributed by atoms with van der Waals surface area (Å²) in [5.41, 5.74) is 28.2. The number of unbranched alkanes of at least 4 members (excludes halogenated alkanes) is 3. The monoisotopic (exact) mass is 1820 g/mol. The van der Waals surface area contributed by atoms with Crippen molar-refractivity contribution in [3.8, 4) is 71.5 Å². The van der Waals surface area contributed by atoms with E-state index in [2.05, 4.69) is 44.7 Å². The van der Waals surface area contributed by atoms with E-state index >= 15 is 0 Å². The fourth-order valence-corrected chi connectivity index (χ4v) is 15.3. The number of phenolic OH excluding ortho intramolecular Hbond substituents is 2. The van der Waals surface area contributed by atoms with E-state index in [-0.39, 0.29) is 90.3 Å². The number of anilines is 3. The SMILES string of the molecule is C#CC(=O)NCCOCCc1ccc2nc(N)c3nc(CCCC)n(Cc4cc(O)ccc4OP(=O)(O)O)c3c2c1.C#CC(=O)NCCOCCc1ccc2nc(N)c3nc(CCCC)n(Cc4cc(OP(=O)(O)O)ccc4O)c3c2c1.C#CC(=O)NCCOCCc1ccc2nc(N)c3nc(CCCC)n(Cc4cc(OP(=O)(O)O)ccc4OP(=O)(O)O)c3c2c1. The maximum Gasteiger partial charge on any atom is 0.524 e. The number of aromatic nitrogens is 9. The van der Waals surface area contributed by atoms with Gasteiger partial charge in [0.25, 0.3) is 17.7 Å². The molecule has 39 nitrogen and oxygen atoms in total. The molecule has 6 heterocycles. The summed E-state index contributed by atoms with van der Waals surface area (Å²) < 4.78 is 88.2. The van der Waals surface area contributed by atoms with E-state index in [0.717, 1.165) is 95.3 Å². The van der Waals surface area contributed by atoms with E-state index in [1.54, 1.807) is 0 Å². The van der Waals surface area contributed by atoms with Crippen LogP contribution in [0.2, 0.25) is 0 Å². The van der Waals surface area contributed by atoms with Crippen LogP contribution in [-0.4, -0.2) is 170 Å². The van der Waals surface area contributed by atoms with Gasteiger partial charge in [-0.05, 0) is 164 Å². The van der Waals surface area contributed by atoms with Crippen LogP contribution in [0.15, 0.2) is 109 Å². The third kappa shape index (κ3) is 27.6. The standard InChI is InChI=1S/C28H33N5O10P2.2C28H32N5O7P/c1-3-5-6-24-32-26-27(33(24)17-19-16-20(42-44(35,36)37)8-10-23(19)43-45(38,39)40)21-15-18(7-9-22(21)31-28(26)29)11-13-41-14-12-30-25(34)4-2;1-3-5-6-24-32-26-27(33(24)17-19-16-20(8-10-23(19)34)40-41(36,37)38)21-15-18(7-9-22(21)31-28(26)29)11-13-39-14-12-30-25(35)4-2;1-3-5-6-24-32-26-27(33(24)17-19-16-20(34)8-10-23(19)40-41(36,37)38)21-15-18(7-9-22(21)31-28(26)29)11-13-39-14-12-30-25(35)4-2/h2,7-10,15-16H,3,5-6,11-14,17H2,1H3,(H2,29,31)(H,30,34)(H2,35,36,37)(H2,38,39,40);2*2,7-10,15-16,34H,3,5-6,11-14,17H2,1H3,(H2,29,31)(H,30,35)(H2,36,37,38). The van der Waals surface area contributed by atoms with E-state index in [4.69, 9.17) is 83.7 Å². The van der Waals surface area contributed by atoms with Gasteiger partial charge in [0, 0.05) is 71.7 Å². The molecule has 0 spiro atoms. The largest absolute Gasteiger partial charge is 0.524 e. The number of amides is 3. The summed E-state index contributed by atoms with van der Waals surface area (Å²) in [5.74, 6) is 6.53. The number of carbonyl (C=O) groups is 3. The molecule has 3 amide bonds. The van der Waals surface area contributed by atoms with Crippen LogP contribution in [-0.2, 0) is 105 Å². The van der Waals surface area contributed by atoms with Gasteiger partial charge < -0.3 is 89.4 Å². The molecule has 12 aromatic rings. The first-order chi connectivity index (χ1) is 60.5. The van der Waals surface area contributed by atoms with Gasteiger partial charge in [-0.3, -0.25) is 53.5 Å². The summed E-state index contributed by atoms with van der Waals surface area (Å²) in [6, 6.07) is 28.8. The Bertz CT molecular complexity index is 6360. The molecule has 0 atom stereocenters. The molecule has 43 heteroatoms. The number of carbonyl (C=O) groups excluding carboxylic acids is 3. The number of nitrogen functional groups attached to an aromatic ring is 3. The molecule has 672 valence electrons. The normalized spacial score (nSPS) is 11.7. The molecule has 127 heavy (non-hydrogen) atoms. The molecule has 0 bridgehead atoms. The lowest BCUT2D eigenvalue weighted by molar-refractivity contribution is -0.116. The van der Waals surface area contributed by atoms with Crippen molar-refractivity contribution in [2.45, 2.75) is 117 Å². The second kappa shape index (κ2) is 44.2. The van der Waals surface area contributed by atoms with Gasteiger partial charge in [-0.25, -0.2) is 48.2 Å². The van der Waals surface area contributed by atoms with Crippen LogP contribution in [0, 0.1) is 37.0 Å². The average molecular weight is 1820 g/mol. The Morgan fingerprint density at radius 1 is 0.394 bits per heavy atom. The lowest BCUT2D eigenvalue weighted by Crippen LogP contribution is -2.25. The zero-order chi connectivity index (χ0) is 91.9. The third-order valence-electron chi connectivity index (χ3n) is 19.4. The molecular formula is C84H97N15O24P4. The van der Waals surface area contributed by atoms with Crippen molar-refractivity contribution < 1.29 is 114 Å². The number of imidazole rings is 3. The molecular weight excluding hydrogens is 1730 g/mol. The maximum atomic E-state index is 11.8. The Kier molecular flexibility index (Phi) is 33.8. The number of rotatable bonds is 41. The van der Waals surface area contributed by atoms with Crippen LogP contribution in [0.3, 0.4) is 0 Å². The lowest BCUT2D eigenvalue weighted by Gasteiger charge is -2.17. The number of nitrogens with zero attached hydrogens (tertiary/aromatic N) is 9. The zero-order valence-electron chi connectivity index (χ0n) is 69.3. The fourth-order valence-electron chi connectivity index (χ4n) is 13.7. The van der Waals surface area contributed by atoms with Gasteiger partial charge in [-0.2, -0.15) is 0 Å². The molecule has 0 radical (unpaired) electrons. The highest BCUT2D eigenvalue weighted by Gasteiger charge is 2.28. The third-order valence-corrected chi connectivity index (χ3v) is 21.2. The number of fused-ring (bicyclic) bond motifs is 9. The number of pyridine rings is 3. The number of terminal acetylenes is 3. The van der Waals surface area contributed by atoms with E-state index in [0.29, 0.717) is 151 Å². The van der Waals surface area contributed by atoms with Crippen molar-refractivity contribution in [1.29, 1.82) is 0 Å². The number of hydrogen-bond donors (Lipinski definition) is 16. The van der Waals surface area contributed by atoms with Crippen molar-refractivity contribution in [2.75, 3.05) is 76.5 Å². The number of ether oxygens (including phenoxy) is 3. The Hall–Kier alpha value is -12.3. The van der Waals surface area contributed by atoms with Crippen molar-refractivity contribution in [2.24, 2.45) is 0 Å². The second-order valence-electron chi connectivity index (χ2n) is 28.8. The minimum atomic E-state index is -5.01. The molecule has 0 saturated heterocycles. The Labute approximate surface area is 728 Å². The number of phenols is 2. The summed E-state index contributed by atoms with van der Waals surface area (Å²) in [4.78, 5) is 137. The topological polar surface area (TPSA) is 593 Å². The van der Waals surface area contributed by atoms with E-state index < -0.39 is 49.0 Å². The predicted octanol–water partition coefficient (Wildman–Crippen LogP) is 8.90. The van der Waals surface area contributed by atoms with Gasteiger partial charge in [0.1, 0.15) is 68.5 Å². The smallest absolute Gasteiger partial charge is 0.508 e. The minimum absolute atomic E-state index is 0.0537. The summed E-state index contributed by atoms with van der Waals surface area (Å²) in [6.45, 7) is 9.36. The van der Waals surface area contributed by atoms with Gasteiger partial charge in [0.05, 0.1) is 92.4 Å². The molecule has 0 aliphatic rings. The van der Waals surface area contributed by atoms with Gasteiger partial charge in [-0.1, -0.05) is 58.2 Å². The van der Waals surface area contributed by atoms with Crippen molar-refractivity contribution >= 4 is 132 Å². The first-order valence-electron chi connectivity index (χ1n) is 39.9. The van der Waals surface area contributed by atoms with Gasteiger partial charge in [0.15, 0.2) is 17.5 Å². The molecule has 19 N–H and O–H groups in total. The summed E-state index contributed by atoms with van der Waals surface area (Å²) in [7, 11) is -19.6. The fraction of sp³-hybridized carbons (Fsp3) is 0.321. The number of hydrogen-bond acceptors (Lipinski definition) is 25. The molecule has 12 rings (SSSR count). The second-order valence-corrected chi connectivity index (χ2v) is 33.4. The number of aryl methyl sites for hydroxylation is 3. The highest BCUT2D eigenvalue weighted by atomic mass is 31.2. The van der Waals surface area contributed by atoms with Crippen LogP contribution < -0.4 is 51.2 Å². The van der Waals surface area contributed by atoms with Crippen LogP contribution in [0.4, 0.5) is 17.5 Å². The van der Waals surface area contributed by atoms with Gasteiger partial charge in [0.2, 0.25) is 0 Å². The number of nitrogens with two attached hydrogens (primary N) is 3. The van der Waals surface area contributed by atoms with Crippen LogP contribution in [0.25, 0.3) is 65.8 Å². The number of phosphoric ester groups is 4. The Balaban J connectivity index is 0.000000199. The molecule has 0 saturated carbocycles.